The van der Waals surface area contributed by atoms with Crippen molar-refractivity contribution in [3.63, 3.8) is 0 Å². The molecule has 1 aromatic carbocycles. The first-order chi connectivity index (χ1) is 8.38. The maximum absolute atomic E-state index is 11.7. The van der Waals surface area contributed by atoms with E-state index in [1.54, 1.807) is 24.3 Å². The summed E-state index contributed by atoms with van der Waals surface area (Å²) in [7, 11) is 0. The van der Waals surface area contributed by atoms with Gasteiger partial charge in [-0.2, -0.15) is 0 Å². The summed E-state index contributed by atoms with van der Waals surface area (Å²) in [4.78, 5) is 23.2. The molecule has 4 nitrogen and oxygen atoms in total. The minimum absolute atomic E-state index is 0.00378. The van der Waals surface area contributed by atoms with Crippen LogP contribution in [-0.4, -0.2) is 24.9 Å². The summed E-state index contributed by atoms with van der Waals surface area (Å²) in [5.74, 6) is -0.407. The number of nitrogens with one attached hydrogen (secondary N) is 2. The highest BCUT2D eigenvalue weighted by Gasteiger charge is 2.12. The maximum atomic E-state index is 11.7. The highest BCUT2D eigenvalue weighted by atomic mass is 16.2. The van der Waals surface area contributed by atoms with Crippen molar-refractivity contribution in [3.8, 4) is 0 Å². The van der Waals surface area contributed by atoms with Gasteiger partial charge in [0.1, 0.15) is 0 Å². The van der Waals surface area contributed by atoms with Crippen molar-refractivity contribution in [3.05, 3.63) is 35.9 Å². The van der Waals surface area contributed by atoms with Crippen LogP contribution < -0.4 is 10.6 Å². The van der Waals surface area contributed by atoms with Crippen LogP contribution in [0.5, 0.6) is 0 Å². The minimum Gasteiger partial charge on any atom is -0.354 e. The first-order valence-corrected chi connectivity index (χ1v) is 5.98. The van der Waals surface area contributed by atoms with Gasteiger partial charge in [0.05, 0.1) is 6.54 Å². The highest BCUT2D eigenvalue weighted by Crippen LogP contribution is 2.09. The standard InChI is InChI=1S/C14H20N2O2/c1-14(2,3)10-16-12(17)9-15-13(18)11-7-5-4-6-8-11/h4-8H,9-10H2,1-3H3,(H,15,18)(H,16,17). The van der Waals surface area contributed by atoms with Crippen LogP contribution in [0.15, 0.2) is 30.3 Å². The van der Waals surface area contributed by atoms with E-state index in [-0.39, 0.29) is 23.8 Å². The number of carbonyl (C=O) groups excluding carboxylic acids is 2. The van der Waals surface area contributed by atoms with Crippen molar-refractivity contribution in [1.29, 1.82) is 0 Å². The maximum Gasteiger partial charge on any atom is 0.251 e. The van der Waals surface area contributed by atoms with E-state index in [0.717, 1.165) is 0 Å². The van der Waals surface area contributed by atoms with E-state index in [1.165, 1.54) is 0 Å². The molecule has 0 radical (unpaired) electrons. The Balaban J connectivity index is 2.33. The summed E-state index contributed by atoms with van der Waals surface area (Å²) in [5, 5.41) is 5.36. The zero-order valence-corrected chi connectivity index (χ0v) is 11.1. The molecule has 2 N–H and O–H groups in total. The van der Waals surface area contributed by atoms with Gasteiger partial charge in [0.2, 0.25) is 5.91 Å². The Hall–Kier alpha value is -1.84. The Labute approximate surface area is 108 Å². The predicted molar refractivity (Wildman–Crippen MR) is 71.2 cm³/mol. The Kier molecular flexibility index (Phi) is 4.89. The molecule has 0 bridgehead atoms. The van der Waals surface area contributed by atoms with Crippen LogP contribution in [0.2, 0.25) is 0 Å². The Morgan fingerprint density at radius 2 is 1.67 bits per heavy atom. The van der Waals surface area contributed by atoms with Crippen LogP contribution in [0.25, 0.3) is 0 Å². The van der Waals surface area contributed by atoms with Crippen LogP contribution in [-0.2, 0) is 4.79 Å². The molecule has 0 aliphatic carbocycles. The number of amides is 2. The van der Waals surface area contributed by atoms with Crippen LogP contribution in [0.3, 0.4) is 0 Å². The first kappa shape index (κ1) is 14.2. The smallest absolute Gasteiger partial charge is 0.251 e. The molecule has 0 spiro atoms. The quantitative estimate of drug-likeness (QED) is 0.850. The molecule has 0 saturated carbocycles. The van der Waals surface area contributed by atoms with Gasteiger partial charge in [0.15, 0.2) is 0 Å². The zero-order valence-electron chi connectivity index (χ0n) is 11.1. The second-order valence-electron chi connectivity index (χ2n) is 5.39. The molecule has 0 saturated heterocycles. The van der Waals surface area contributed by atoms with Crippen molar-refractivity contribution < 1.29 is 9.59 Å². The summed E-state index contributed by atoms with van der Waals surface area (Å²) >= 11 is 0. The van der Waals surface area contributed by atoms with E-state index < -0.39 is 0 Å². The van der Waals surface area contributed by atoms with Gasteiger partial charge in [0.25, 0.3) is 5.91 Å². The molecule has 0 fully saturated rings. The van der Waals surface area contributed by atoms with Crippen molar-refractivity contribution in [2.45, 2.75) is 20.8 Å². The summed E-state index contributed by atoms with van der Waals surface area (Å²) in [6, 6.07) is 8.83. The number of benzene rings is 1. The van der Waals surface area contributed by atoms with Gasteiger partial charge in [-0.3, -0.25) is 9.59 Å². The molecular weight excluding hydrogens is 228 g/mol. The lowest BCUT2D eigenvalue weighted by Crippen LogP contribution is -2.40. The Morgan fingerprint density at radius 1 is 1.06 bits per heavy atom. The van der Waals surface area contributed by atoms with Gasteiger partial charge in [-0.25, -0.2) is 0 Å². The second-order valence-corrected chi connectivity index (χ2v) is 5.39. The van der Waals surface area contributed by atoms with E-state index in [4.69, 9.17) is 0 Å². The molecule has 0 aliphatic rings. The predicted octanol–water partition coefficient (Wildman–Crippen LogP) is 1.58. The van der Waals surface area contributed by atoms with Gasteiger partial charge >= 0.3 is 0 Å². The van der Waals surface area contributed by atoms with Crippen LogP contribution in [0.1, 0.15) is 31.1 Å². The monoisotopic (exact) mass is 248 g/mol. The average Bonchev–Trinajstić information content (AvgIpc) is 2.33. The van der Waals surface area contributed by atoms with Gasteiger partial charge in [-0.1, -0.05) is 39.0 Å². The van der Waals surface area contributed by atoms with Crippen LogP contribution in [0.4, 0.5) is 0 Å². The number of hydrogen-bond donors (Lipinski definition) is 2. The normalized spacial score (nSPS) is 10.8. The third kappa shape index (κ3) is 5.48. The summed E-state index contributed by atoms with van der Waals surface area (Å²) in [5.41, 5.74) is 0.597. The fourth-order valence-corrected chi connectivity index (χ4v) is 1.28. The topological polar surface area (TPSA) is 58.2 Å². The lowest BCUT2D eigenvalue weighted by molar-refractivity contribution is -0.120. The third-order valence-electron chi connectivity index (χ3n) is 2.26. The first-order valence-electron chi connectivity index (χ1n) is 5.98. The number of hydrogen-bond acceptors (Lipinski definition) is 2. The molecule has 0 atom stereocenters. The van der Waals surface area contributed by atoms with Gasteiger partial charge < -0.3 is 10.6 Å². The molecule has 2 amide bonds. The molecule has 0 aliphatic heterocycles. The average molecular weight is 248 g/mol. The lowest BCUT2D eigenvalue weighted by atomic mass is 9.97. The SMILES string of the molecule is CC(C)(C)CNC(=O)CNC(=O)c1ccccc1. The molecule has 0 heterocycles. The molecule has 0 unspecified atom stereocenters. The van der Waals surface area contributed by atoms with E-state index in [2.05, 4.69) is 10.6 Å². The van der Waals surface area contributed by atoms with Crippen molar-refractivity contribution in [1.82, 2.24) is 10.6 Å². The molecule has 98 valence electrons. The summed E-state index contributed by atoms with van der Waals surface area (Å²) in [6.45, 7) is 6.71. The largest absolute Gasteiger partial charge is 0.354 e. The molecular formula is C14H20N2O2. The molecule has 18 heavy (non-hydrogen) atoms. The van der Waals surface area contributed by atoms with Crippen LogP contribution >= 0.6 is 0 Å². The van der Waals surface area contributed by atoms with Crippen LogP contribution in [0, 0.1) is 5.41 Å². The fraction of sp³-hybridized carbons (Fsp3) is 0.429. The molecule has 4 heteroatoms. The van der Waals surface area contributed by atoms with E-state index in [0.29, 0.717) is 12.1 Å². The lowest BCUT2D eigenvalue weighted by Gasteiger charge is -2.18. The highest BCUT2D eigenvalue weighted by molar-refractivity contribution is 5.96. The van der Waals surface area contributed by atoms with Crippen molar-refractivity contribution in [2.24, 2.45) is 5.41 Å². The fourth-order valence-electron chi connectivity index (χ4n) is 1.28. The third-order valence-corrected chi connectivity index (χ3v) is 2.26. The summed E-state index contributed by atoms with van der Waals surface area (Å²) in [6.07, 6.45) is 0. The summed E-state index contributed by atoms with van der Waals surface area (Å²) < 4.78 is 0. The van der Waals surface area contributed by atoms with E-state index >= 15 is 0 Å². The second kappa shape index (κ2) is 6.19. The Bertz CT molecular complexity index is 408. The van der Waals surface area contributed by atoms with Gasteiger partial charge in [-0.15, -0.1) is 0 Å². The Morgan fingerprint density at radius 3 is 2.22 bits per heavy atom. The van der Waals surface area contributed by atoms with Crippen molar-refractivity contribution in [2.75, 3.05) is 13.1 Å². The van der Waals surface area contributed by atoms with Gasteiger partial charge in [0, 0.05) is 12.1 Å². The number of carbonyl (C=O) groups is 2. The molecule has 1 rings (SSSR count). The number of rotatable bonds is 4. The molecule has 0 aromatic heterocycles. The van der Waals surface area contributed by atoms with E-state index in [9.17, 15) is 9.59 Å². The zero-order chi connectivity index (χ0) is 13.6. The molecule has 1 aromatic rings. The van der Waals surface area contributed by atoms with E-state index in [1.807, 2.05) is 26.8 Å². The van der Waals surface area contributed by atoms with Crippen molar-refractivity contribution >= 4 is 11.8 Å². The van der Waals surface area contributed by atoms with Gasteiger partial charge in [-0.05, 0) is 17.5 Å². The minimum atomic E-state index is -0.235.